The van der Waals surface area contributed by atoms with Gasteiger partial charge < -0.3 is 10.1 Å². The fraction of sp³-hybridized carbons (Fsp3) is 0.750. The quantitative estimate of drug-likeness (QED) is 0.248. The minimum Gasteiger partial charge on any atom is -0.364 e. The van der Waals surface area contributed by atoms with E-state index in [1.807, 2.05) is 0 Å². The minimum absolute atomic E-state index is 0.182. The molecule has 0 aliphatic carbocycles. The zero-order valence-corrected chi connectivity index (χ0v) is 6.25. The molecule has 9 heavy (non-hydrogen) atoms. The SMILES string of the molecule is CNC(=S)NOCOC. The second-order valence-electron chi connectivity index (χ2n) is 1.23. The molecule has 0 aromatic carbocycles. The summed E-state index contributed by atoms with van der Waals surface area (Å²) in [6.07, 6.45) is 0. The molecule has 5 heteroatoms. The summed E-state index contributed by atoms with van der Waals surface area (Å²) in [5.41, 5.74) is 2.43. The summed E-state index contributed by atoms with van der Waals surface area (Å²) in [5, 5.41) is 3.10. The predicted molar refractivity (Wildman–Crippen MR) is 37.8 cm³/mol. The van der Waals surface area contributed by atoms with E-state index < -0.39 is 0 Å². The van der Waals surface area contributed by atoms with Gasteiger partial charge in [-0.1, -0.05) is 0 Å². The van der Waals surface area contributed by atoms with Gasteiger partial charge in [-0.05, 0) is 12.2 Å². The largest absolute Gasteiger partial charge is 0.364 e. The Balaban J connectivity index is 2.97. The van der Waals surface area contributed by atoms with Crippen LogP contribution in [0, 0.1) is 0 Å². The van der Waals surface area contributed by atoms with Crippen molar-refractivity contribution in [1.29, 1.82) is 0 Å². The summed E-state index contributed by atoms with van der Waals surface area (Å²) >= 11 is 4.67. The van der Waals surface area contributed by atoms with E-state index in [0.29, 0.717) is 5.11 Å². The fourth-order valence-corrected chi connectivity index (χ4v) is 0.264. The number of hydrogen-bond acceptors (Lipinski definition) is 3. The van der Waals surface area contributed by atoms with Crippen LogP contribution >= 0.6 is 12.2 Å². The zero-order valence-electron chi connectivity index (χ0n) is 5.43. The van der Waals surface area contributed by atoms with E-state index in [2.05, 4.69) is 32.6 Å². The molecule has 0 aliphatic rings. The Morgan fingerprint density at radius 2 is 2.33 bits per heavy atom. The van der Waals surface area contributed by atoms with Crippen LogP contribution in [0.1, 0.15) is 0 Å². The van der Waals surface area contributed by atoms with Crippen molar-refractivity contribution in [2.75, 3.05) is 21.0 Å². The number of hydroxylamine groups is 1. The van der Waals surface area contributed by atoms with Crippen molar-refractivity contribution in [2.24, 2.45) is 0 Å². The maximum absolute atomic E-state index is 4.67. The lowest BCUT2D eigenvalue weighted by molar-refractivity contribution is -0.0590. The molecule has 4 nitrogen and oxygen atoms in total. The number of ether oxygens (including phenoxy) is 1. The lowest BCUT2D eigenvalue weighted by atomic mass is 11.1. The average molecular weight is 150 g/mol. The van der Waals surface area contributed by atoms with Gasteiger partial charge in [0.25, 0.3) is 0 Å². The van der Waals surface area contributed by atoms with Crippen LogP contribution < -0.4 is 10.8 Å². The minimum atomic E-state index is 0.182. The third kappa shape index (κ3) is 5.48. The van der Waals surface area contributed by atoms with Crippen molar-refractivity contribution in [3.05, 3.63) is 0 Å². The lowest BCUT2D eigenvalue weighted by Gasteiger charge is -2.04. The van der Waals surface area contributed by atoms with Crippen LogP contribution in [-0.4, -0.2) is 26.1 Å². The summed E-state index contributed by atoms with van der Waals surface area (Å²) < 4.78 is 4.56. The molecule has 0 radical (unpaired) electrons. The molecule has 0 saturated heterocycles. The smallest absolute Gasteiger partial charge is 0.190 e. The molecule has 0 aliphatic heterocycles. The van der Waals surface area contributed by atoms with Gasteiger partial charge in [-0.2, -0.15) is 0 Å². The third-order valence-corrected chi connectivity index (χ3v) is 0.856. The summed E-state index contributed by atoms with van der Waals surface area (Å²) in [6, 6.07) is 0. The molecule has 0 rings (SSSR count). The molecule has 54 valence electrons. The van der Waals surface area contributed by atoms with Crippen molar-refractivity contribution in [3.63, 3.8) is 0 Å². The van der Waals surface area contributed by atoms with E-state index in [0.717, 1.165) is 0 Å². The Hall–Kier alpha value is -0.390. The Bertz CT molecular complexity index is 88.6. The van der Waals surface area contributed by atoms with Crippen molar-refractivity contribution >= 4 is 17.3 Å². The summed E-state index contributed by atoms with van der Waals surface area (Å²) in [7, 11) is 3.23. The normalized spacial score (nSPS) is 8.67. The Kier molecular flexibility index (Phi) is 5.49. The summed E-state index contributed by atoms with van der Waals surface area (Å²) in [4.78, 5) is 4.66. The van der Waals surface area contributed by atoms with Gasteiger partial charge in [0.15, 0.2) is 11.9 Å². The van der Waals surface area contributed by atoms with Crippen LogP contribution in [0.15, 0.2) is 0 Å². The van der Waals surface area contributed by atoms with Gasteiger partial charge in [-0.3, -0.25) is 0 Å². The monoisotopic (exact) mass is 150 g/mol. The van der Waals surface area contributed by atoms with E-state index in [-0.39, 0.29) is 6.79 Å². The molecule has 0 bridgehead atoms. The maximum atomic E-state index is 4.67. The zero-order chi connectivity index (χ0) is 7.11. The number of methoxy groups -OCH3 is 1. The number of hydrogen-bond donors (Lipinski definition) is 2. The van der Waals surface area contributed by atoms with Gasteiger partial charge in [0.05, 0.1) is 0 Å². The van der Waals surface area contributed by atoms with Gasteiger partial charge in [-0.25, -0.2) is 10.3 Å². The van der Waals surface area contributed by atoms with Crippen molar-refractivity contribution in [2.45, 2.75) is 0 Å². The first-order valence-electron chi connectivity index (χ1n) is 2.39. The van der Waals surface area contributed by atoms with E-state index in [4.69, 9.17) is 0 Å². The first-order chi connectivity index (χ1) is 4.31. The van der Waals surface area contributed by atoms with Gasteiger partial charge in [0, 0.05) is 14.2 Å². The van der Waals surface area contributed by atoms with Crippen LogP contribution in [0.2, 0.25) is 0 Å². The molecule has 0 saturated carbocycles. The molecule has 0 aromatic heterocycles. The van der Waals surface area contributed by atoms with E-state index in [1.165, 1.54) is 7.11 Å². The Labute approximate surface area is 59.5 Å². The lowest BCUT2D eigenvalue weighted by Crippen LogP contribution is -2.32. The van der Waals surface area contributed by atoms with Crippen molar-refractivity contribution < 1.29 is 9.57 Å². The number of nitrogens with one attached hydrogen (secondary N) is 2. The Morgan fingerprint density at radius 3 is 2.78 bits per heavy atom. The van der Waals surface area contributed by atoms with Crippen molar-refractivity contribution in [3.8, 4) is 0 Å². The first-order valence-corrected chi connectivity index (χ1v) is 2.80. The molecule has 2 N–H and O–H groups in total. The standard InChI is InChI=1S/C4H10N2O2S/c1-5-4(9)6-8-3-7-2/h3H2,1-2H3,(H2,5,6,9). The Morgan fingerprint density at radius 1 is 1.67 bits per heavy atom. The molecule has 0 atom stereocenters. The highest BCUT2D eigenvalue weighted by Gasteiger charge is 1.86. The van der Waals surface area contributed by atoms with Gasteiger partial charge in [-0.15, -0.1) is 0 Å². The molecular formula is C4H10N2O2S. The van der Waals surface area contributed by atoms with E-state index >= 15 is 0 Å². The van der Waals surface area contributed by atoms with Crippen molar-refractivity contribution in [1.82, 2.24) is 10.8 Å². The fourth-order valence-electron chi connectivity index (χ4n) is 0.205. The molecule has 0 unspecified atom stereocenters. The molecule has 0 aromatic rings. The number of rotatable bonds is 3. The first kappa shape index (κ1) is 8.61. The topological polar surface area (TPSA) is 42.5 Å². The summed E-state index contributed by atoms with van der Waals surface area (Å²) in [5.74, 6) is 0. The molecule has 0 fully saturated rings. The maximum Gasteiger partial charge on any atom is 0.190 e. The molecule has 0 amide bonds. The van der Waals surface area contributed by atoms with Gasteiger partial charge in [0.2, 0.25) is 0 Å². The van der Waals surface area contributed by atoms with E-state index in [1.54, 1.807) is 7.05 Å². The summed E-state index contributed by atoms with van der Waals surface area (Å²) in [6.45, 7) is 0.182. The highest BCUT2D eigenvalue weighted by molar-refractivity contribution is 7.80. The van der Waals surface area contributed by atoms with Crippen LogP contribution in [-0.2, 0) is 9.57 Å². The second-order valence-corrected chi connectivity index (χ2v) is 1.64. The van der Waals surface area contributed by atoms with Gasteiger partial charge >= 0.3 is 0 Å². The second kappa shape index (κ2) is 5.74. The van der Waals surface area contributed by atoms with Crippen LogP contribution in [0.5, 0.6) is 0 Å². The average Bonchev–Trinajstić information content (AvgIpc) is 1.89. The molecule has 0 spiro atoms. The molecule has 0 heterocycles. The van der Waals surface area contributed by atoms with Crippen LogP contribution in [0.25, 0.3) is 0 Å². The van der Waals surface area contributed by atoms with Crippen LogP contribution in [0.4, 0.5) is 0 Å². The highest BCUT2D eigenvalue weighted by Crippen LogP contribution is 1.67. The van der Waals surface area contributed by atoms with E-state index in [9.17, 15) is 0 Å². The number of thiocarbonyl (C=S) groups is 1. The third-order valence-electron chi connectivity index (χ3n) is 0.569. The predicted octanol–water partition coefficient (Wildman–Crippen LogP) is -0.384. The highest BCUT2D eigenvalue weighted by atomic mass is 32.1. The van der Waals surface area contributed by atoms with Gasteiger partial charge in [0.1, 0.15) is 0 Å². The molecular weight excluding hydrogens is 140 g/mol. The van der Waals surface area contributed by atoms with Crippen LogP contribution in [0.3, 0.4) is 0 Å².